The maximum absolute atomic E-state index is 11.8. The number of benzene rings is 2. The number of hydrogen-bond acceptors (Lipinski definition) is 1. The van der Waals surface area contributed by atoms with E-state index in [0.29, 0.717) is 5.56 Å². The van der Waals surface area contributed by atoms with Crippen molar-refractivity contribution in [3.8, 4) is 11.8 Å². The van der Waals surface area contributed by atoms with Gasteiger partial charge in [-0.15, -0.1) is 0 Å². The Morgan fingerprint density at radius 2 is 1.76 bits per heavy atom. The Hall–Kier alpha value is -1.85. The first kappa shape index (κ1) is 11.6. The van der Waals surface area contributed by atoms with E-state index >= 15 is 0 Å². The molecule has 0 aliphatic rings. The van der Waals surface area contributed by atoms with Crippen LogP contribution < -0.4 is 0 Å². The van der Waals surface area contributed by atoms with E-state index in [1.807, 2.05) is 42.5 Å². The van der Waals surface area contributed by atoms with Crippen molar-refractivity contribution in [1.29, 1.82) is 0 Å². The Bertz CT molecular complexity index is 591. The molecule has 17 heavy (non-hydrogen) atoms. The Labute approximate surface area is 109 Å². The molecule has 0 saturated carbocycles. The Kier molecular flexibility index (Phi) is 3.74. The number of rotatable bonds is 1. The molecular weight excluding hydrogens is 276 g/mol. The maximum Gasteiger partial charge on any atom is 0.236 e. The third kappa shape index (κ3) is 3.30. The molecule has 0 unspecified atom stereocenters. The van der Waals surface area contributed by atoms with E-state index in [-0.39, 0.29) is 5.78 Å². The van der Waals surface area contributed by atoms with Gasteiger partial charge in [0.2, 0.25) is 5.78 Å². The number of ketones is 1. The lowest BCUT2D eigenvalue weighted by Gasteiger charge is -1.94. The average molecular weight is 285 g/mol. The van der Waals surface area contributed by atoms with Crippen LogP contribution in [0.5, 0.6) is 0 Å². The number of hydrogen-bond donors (Lipinski definition) is 0. The van der Waals surface area contributed by atoms with E-state index in [4.69, 9.17) is 0 Å². The second kappa shape index (κ2) is 5.47. The van der Waals surface area contributed by atoms with Crippen molar-refractivity contribution in [3.05, 3.63) is 70.2 Å². The summed E-state index contributed by atoms with van der Waals surface area (Å²) in [6, 6.07) is 16.7. The van der Waals surface area contributed by atoms with Gasteiger partial charge in [0, 0.05) is 15.6 Å². The second-order valence-electron chi connectivity index (χ2n) is 3.46. The van der Waals surface area contributed by atoms with Crippen molar-refractivity contribution < 1.29 is 4.79 Å². The van der Waals surface area contributed by atoms with Crippen LogP contribution in [0.25, 0.3) is 0 Å². The first-order valence-electron chi connectivity index (χ1n) is 5.13. The lowest BCUT2D eigenvalue weighted by molar-refractivity contribution is 0.105. The molecule has 0 bridgehead atoms. The van der Waals surface area contributed by atoms with Gasteiger partial charge in [0.1, 0.15) is 0 Å². The van der Waals surface area contributed by atoms with Gasteiger partial charge in [-0.1, -0.05) is 52.2 Å². The summed E-state index contributed by atoms with van der Waals surface area (Å²) in [5.41, 5.74) is 1.44. The first-order chi connectivity index (χ1) is 8.25. The molecule has 0 spiro atoms. The standard InChI is InChI=1S/C15H9BrO/c16-14-8-4-7-13(11-14)15(17)10-9-12-5-2-1-3-6-12/h1-8,11H. The molecule has 2 aromatic carbocycles. The van der Waals surface area contributed by atoms with E-state index < -0.39 is 0 Å². The summed E-state index contributed by atoms with van der Waals surface area (Å²) in [5, 5.41) is 0. The third-order valence-electron chi connectivity index (χ3n) is 2.18. The summed E-state index contributed by atoms with van der Waals surface area (Å²) < 4.78 is 0.880. The number of halogens is 1. The highest BCUT2D eigenvalue weighted by atomic mass is 79.9. The zero-order valence-corrected chi connectivity index (χ0v) is 10.6. The molecule has 0 radical (unpaired) electrons. The molecule has 2 heteroatoms. The first-order valence-corrected chi connectivity index (χ1v) is 5.92. The van der Waals surface area contributed by atoms with E-state index in [0.717, 1.165) is 10.0 Å². The lowest BCUT2D eigenvalue weighted by atomic mass is 10.1. The van der Waals surface area contributed by atoms with Crippen LogP contribution in [-0.2, 0) is 0 Å². The second-order valence-corrected chi connectivity index (χ2v) is 4.37. The molecular formula is C15H9BrO. The molecule has 0 saturated heterocycles. The van der Waals surface area contributed by atoms with Gasteiger partial charge in [0.15, 0.2) is 0 Å². The molecule has 2 rings (SSSR count). The SMILES string of the molecule is O=C(C#Cc1ccccc1)c1cccc(Br)c1. The Balaban J connectivity index is 2.21. The minimum atomic E-state index is -0.171. The van der Waals surface area contributed by atoms with Gasteiger partial charge in [-0.2, -0.15) is 0 Å². The van der Waals surface area contributed by atoms with E-state index in [9.17, 15) is 4.79 Å². The third-order valence-corrected chi connectivity index (χ3v) is 2.67. The monoisotopic (exact) mass is 284 g/mol. The fourth-order valence-electron chi connectivity index (χ4n) is 1.35. The Morgan fingerprint density at radius 1 is 1.00 bits per heavy atom. The smallest absolute Gasteiger partial charge is 0.236 e. The summed E-state index contributed by atoms with van der Waals surface area (Å²) in [5.74, 6) is 5.31. The fraction of sp³-hybridized carbons (Fsp3) is 0. The predicted octanol–water partition coefficient (Wildman–Crippen LogP) is 3.68. The van der Waals surface area contributed by atoms with Gasteiger partial charge in [-0.3, -0.25) is 4.79 Å². The molecule has 0 aliphatic carbocycles. The predicted molar refractivity (Wildman–Crippen MR) is 71.8 cm³/mol. The normalized spacial score (nSPS) is 9.24. The van der Waals surface area contributed by atoms with Crippen molar-refractivity contribution in [3.63, 3.8) is 0 Å². The van der Waals surface area contributed by atoms with Gasteiger partial charge in [0.25, 0.3) is 0 Å². The molecule has 0 amide bonds. The molecule has 0 heterocycles. The summed E-state index contributed by atoms with van der Waals surface area (Å²) in [4.78, 5) is 11.8. The van der Waals surface area contributed by atoms with Crippen molar-refractivity contribution in [2.45, 2.75) is 0 Å². The highest BCUT2D eigenvalue weighted by Gasteiger charge is 2.01. The quantitative estimate of drug-likeness (QED) is 0.577. The van der Waals surface area contributed by atoms with Gasteiger partial charge >= 0.3 is 0 Å². The molecule has 82 valence electrons. The molecule has 0 atom stereocenters. The highest BCUT2D eigenvalue weighted by molar-refractivity contribution is 9.10. The molecule has 0 aliphatic heterocycles. The molecule has 0 N–H and O–H groups in total. The van der Waals surface area contributed by atoms with Crippen molar-refractivity contribution >= 4 is 21.7 Å². The van der Waals surface area contributed by atoms with Gasteiger partial charge < -0.3 is 0 Å². The van der Waals surface area contributed by atoms with Crippen LogP contribution in [-0.4, -0.2) is 5.78 Å². The van der Waals surface area contributed by atoms with E-state index in [1.54, 1.807) is 12.1 Å². The maximum atomic E-state index is 11.8. The van der Waals surface area contributed by atoms with Crippen LogP contribution in [0.2, 0.25) is 0 Å². The lowest BCUT2D eigenvalue weighted by Crippen LogP contribution is -1.94. The number of Topliss-reactive ketones (excluding diaryl/α,β-unsaturated/α-hetero) is 1. The number of carbonyl (C=O) groups excluding carboxylic acids is 1. The van der Waals surface area contributed by atoms with Gasteiger partial charge in [0.05, 0.1) is 0 Å². The van der Waals surface area contributed by atoms with Crippen molar-refractivity contribution in [2.75, 3.05) is 0 Å². The van der Waals surface area contributed by atoms with Gasteiger partial charge in [-0.25, -0.2) is 0 Å². The fourth-order valence-corrected chi connectivity index (χ4v) is 1.75. The van der Waals surface area contributed by atoms with Crippen molar-refractivity contribution in [2.24, 2.45) is 0 Å². The van der Waals surface area contributed by atoms with Crippen LogP contribution in [0, 0.1) is 11.8 Å². The minimum absolute atomic E-state index is 0.171. The van der Waals surface area contributed by atoms with E-state index in [2.05, 4.69) is 27.8 Å². The van der Waals surface area contributed by atoms with Crippen LogP contribution in [0.1, 0.15) is 15.9 Å². The number of carbonyl (C=O) groups is 1. The zero-order valence-electron chi connectivity index (χ0n) is 8.98. The Morgan fingerprint density at radius 3 is 2.47 bits per heavy atom. The van der Waals surface area contributed by atoms with Gasteiger partial charge in [-0.05, 0) is 30.2 Å². The molecule has 2 aromatic rings. The summed E-state index contributed by atoms with van der Waals surface area (Å²) in [7, 11) is 0. The molecule has 0 fully saturated rings. The topological polar surface area (TPSA) is 17.1 Å². The molecule has 0 aromatic heterocycles. The highest BCUT2D eigenvalue weighted by Crippen LogP contribution is 2.11. The van der Waals surface area contributed by atoms with Crippen molar-refractivity contribution in [1.82, 2.24) is 0 Å². The van der Waals surface area contributed by atoms with Crippen LogP contribution in [0.4, 0.5) is 0 Å². The van der Waals surface area contributed by atoms with E-state index in [1.165, 1.54) is 0 Å². The van der Waals surface area contributed by atoms with Crippen LogP contribution in [0.3, 0.4) is 0 Å². The van der Waals surface area contributed by atoms with Crippen LogP contribution in [0.15, 0.2) is 59.1 Å². The molecule has 1 nitrogen and oxygen atoms in total. The zero-order chi connectivity index (χ0) is 12.1. The largest absolute Gasteiger partial charge is 0.279 e. The summed E-state index contributed by atoms with van der Waals surface area (Å²) in [6.07, 6.45) is 0. The summed E-state index contributed by atoms with van der Waals surface area (Å²) >= 11 is 3.33. The summed E-state index contributed by atoms with van der Waals surface area (Å²) in [6.45, 7) is 0. The average Bonchev–Trinajstić information content (AvgIpc) is 2.37. The van der Waals surface area contributed by atoms with Crippen LogP contribution >= 0.6 is 15.9 Å². The minimum Gasteiger partial charge on any atom is -0.279 e.